The second-order valence-corrected chi connectivity index (χ2v) is 5.52. The molecule has 110 valence electrons. The van der Waals surface area contributed by atoms with E-state index in [9.17, 15) is 4.39 Å². The second-order valence-electron chi connectivity index (χ2n) is 5.52. The van der Waals surface area contributed by atoms with Crippen LogP contribution in [0.1, 0.15) is 36.6 Å². The number of benzene rings is 1. The molecule has 1 aliphatic carbocycles. The molecule has 0 amide bonds. The maximum atomic E-state index is 13.3. The molecule has 0 radical (unpaired) electrons. The van der Waals surface area contributed by atoms with E-state index in [1.54, 1.807) is 6.07 Å². The summed E-state index contributed by atoms with van der Waals surface area (Å²) < 4.78 is 13.3. The minimum absolute atomic E-state index is 0.221. The topological polar surface area (TPSA) is 37.8 Å². The van der Waals surface area contributed by atoms with Crippen LogP contribution in [-0.4, -0.2) is 16.5 Å². The van der Waals surface area contributed by atoms with Gasteiger partial charge in [0, 0.05) is 23.4 Å². The van der Waals surface area contributed by atoms with Crippen molar-refractivity contribution in [1.82, 2.24) is 9.97 Å². The summed E-state index contributed by atoms with van der Waals surface area (Å²) in [6, 6.07) is 4.77. The van der Waals surface area contributed by atoms with Gasteiger partial charge < -0.3 is 5.32 Å². The zero-order valence-electron chi connectivity index (χ0n) is 12.5. The van der Waals surface area contributed by atoms with Gasteiger partial charge in [0.1, 0.15) is 11.6 Å². The first kappa shape index (κ1) is 14.0. The molecule has 4 heteroatoms. The number of nitrogens with zero attached hydrogens (tertiary/aromatic N) is 2. The monoisotopic (exact) mass is 285 g/mol. The van der Waals surface area contributed by atoms with Gasteiger partial charge in [-0.2, -0.15) is 0 Å². The Morgan fingerprint density at radius 1 is 1.19 bits per heavy atom. The van der Waals surface area contributed by atoms with Crippen molar-refractivity contribution in [2.75, 3.05) is 11.9 Å². The Morgan fingerprint density at radius 2 is 2.00 bits per heavy atom. The molecule has 0 bridgehead atoms. The van der Waals surface area contributed by atoms with Gasteiger partial charge in [0.15, 0.2) is 5.82 Å². The van der Waals surface area contributed by atoms with Crippen LogP contribution < -0.4 is 5.32 Å². The Hall–Kier alpha value is -1.97. The third-order valence-corrected chi connectivity index (χ3v) is 3.96. The number of rotatable bonds is 3. The van der Waals surface area contributed by atoms with Crippen LogP contribution in [0.2, 0.25) is 0 Å². The fraction of sp³-hybridized carbons (Fsp3) is 0.412. The van der Waals surface area contributed by atoms with Gasteiger partial charge in [-0.1, -0.05) is 0 Å². The summed E-state index contributed by atoms with van der Waals surface area (Å²) in [7, 11) is 0. The van der Waals surface area contributed by atoms with Crippen LogP contribution in [0.3, 0.4) is 0 Å². The van der Waals surface area contributed by atoms with Crippen molar-refractivity contribution in [3.8, 4) is 11.4 Å². The quantitative estimate of drug-likeness (QED) is 0.929. The third-order valence-electron chi connectivity index (χ3n) is 3.96. The molecule has 21 heavy (non-hydrogen) atoms. The molecule has 3 nitrogen and oxygen atoms in total. The van der Waals surface area contributed by atoms with Crippen molar-refractivity contribution in [3.05, 3.63) is 40.8 Å². The predicted molar refractivity (Wildman–Crippen MR) is 83.0 cm³/mol. The first-order chi connectivity index (χ1) is 10.2. The number of anilines is 1. The molecule has 0 fully saturated rings. The summed E-state index contributed by atoms with van der Waals surface area (Å²) in [5.41, 5.74) is 4.18. The Bertz CT molecular complexity index is 667. The molecule has 1 heterocycles. The standard InChI is InChI=1S/C17H20FN3/c1-3-19-16-14-6-4-5-7-15(14)20-17(21-16)13-9-8-12(18)10-11(13)2/h8-10H,3-7H2,1-2H3,(H,19,20,21). The molecule has 1 N–H and O–H groups in total. The highest BCUT2D eigenvalue weighted by molar-refractivity contribution is 5.63. The Labute approximate surface area is 124 Å². The predicted octanol–water partition coefficient (Wildman–Crippen LogP) is 3.90. The Morgan fingerprint density at radius 3 is 2.76 bits per heavy atom. The Balaban J connectivity index is 2.12. The van der Waals surface area contributed by atoms with Gasteiger partial charge in [0.25, 0.3) is 0 Å². The highest BCUT2D eigenvalue weighted by atomic mass is 19.1. The smallest absolute Gasteiger partial charge is 0.162 e. The maximum Gasteiger partial charge on any atom is 0.162 e. The number of halogens is 1. The maximum absolute atomic E-state index is 13.3. The molecule has 0 aliphatic heterocycles. The van der Waals surface area contributed by atoms with E-state index in [4.69, 9.17) is 9.97 Å². The molecule has 2 aromatic rings. The normalized spacial score (nSPS) is 13.9. The van der Waals surface area contributed by atoms with Crippen molar-refractivity contribution in [1.29, 1.82) is 0 Å². The molecule has 0 atom stereocenters. The lowest BCUT2D eigenvalue weighted by atomic mass is 9.96. The molecule has 3 rings (SSSR count). The summed E-state index contributed by atoms with van der Waals surface area (Å²) in [5.74, 6) is 1.42. The zero-order chi connectivity index (χ0) is 14.8. The number of fused-ring (bicyclic) bond motifs is 1. The van der Waals surface area contributed by atoms with Crippen LogP contribution >= 0.6 is 0 Å². The summed E-state index contributed by atoms with van der Waals surface area (Å²) in [4.78, 5) is 9.44. The number of nitrogens with one attached hydrogen (secondary N) is 1. The summed E-state index contributed by atoms with van der Waals surface area (Å²) in [6.45, 7) is 4.81. The number of hydrogen-bond donors (Lipinski definition) is 1. The van der Waals surface area contributed by atoms with E-state index >= 15 is 0 Å². The Kier molecular flexibility index (Phi) is 3.86. The van der Waals surface area contributed by atoms with E-state index in [0.717, 1.165) is 42.0 Å². The minimum atomic E-state index is -0.221. The minimum Gasteiger partial charge on any atom is -0.370 e. The molecule has 1 aliphatic rings. The molecule has 0 spiro atoms. The van der Waals surface area contributed by atoms with E-state index in [-0.39, 0.29) is 5.82 Å². The van der Waals surface area contributed by atoms with Gasteiger partial charge in [0.2, 0.25) is 0 Å². The summed E-state index contributed by atoms with van der Waals surface area (Å²) in [5, 5.41) is 3.35. The zero-order valence-corrected chi connectivity index (χ0v) is 12.5. The molecule has 0 unspecified atom stereocenters. The van der Waals surface area contributed by atoms with Crippen LogP contribution in [0.5, 0.6) is 0 Å². The summed E-state index contributed by atoms with van der Waals surface area (Å²) >= 11 is 0. The van der Waals surface area contributed by atoms with E-state index in [1.165, 1.54) is 30.5 Å². The lowest BCUT2D eigenvalue weighted by Crippen LogP contribution is -2.13. The highest BCUT2D eigenvalue weighted by Gasteiger charge is 2.18. The van der Waals surface area contributed by atoms with Gasteiger partial charge in [-0.3, -0.25) is 0 Å². The highest BCUT2D eigenvalue weighted by Crippen LogP contribution is 2.29. The molecule has 1 aromatic carbocycles. The van der Waals surface area contributed by atoms with E-state index < -0.39 is 0 Å². The molecular formula is C17H20FN3. The van der Waals surface area contributed by atoms with Crippen LogP contribution in [0.15, 0.2) is 18.2 Å². The average molecular weight is 285 g/mol. The number of hydrogen-bond acceptors (Lipinski definition) is 3. The van der Waals surface area contributed by atoms with Gasteiger partial charge >= 0.3 is 0 Å². The largest absolute Gasteiger partial charge is 0.370 e. The first-order valence-electron chi connectivity index (χ1n) is 7.59. The van der Waals surface area contributed by atoms with Crippen molar-refractivity contribution in [2.45, 2.75) is 39.5 Å². The van der Waals surface area contributed by atoms with Gasteiger partial charge in [-0.15, -0.1) is 0 Å². The lowest BCUT2D eigenvalue weighted by molar-refractivity contribution is 0.626. The van der Waals surface area contributed by atoms with Crippen LogP contribution in [0.25, 0.3) is 11.4 Å². The SMILES string of the molecule is CCNc1nc(-c2ccc(F)cc2C)nc2c1CCCC2. The van der Waals surface area contributed by atoms with Crippen molar-refractivity contribution < 1.29 is 4.39 Å². The van der Waals surface area contributed by atoms with E-state index in [2.05, 4.69) is 12.2 Å². The molecule has 1 aromatic heterocycles. The van der Waals surface area contributed by atoms with Gasteiger partial charge in [0.05, 0.1) is 0 Å². The van der Waals surface area contributed by atoms with Gasteiger partial charge in [-0.25, -0.2) is 14.4 Å². The third kappa shape index (κ3) is 2.75. The van der Waals surface area contributed by atoms with Crippen molar-refractivity contribution in [2.24, 2.45) is 0 Å². The van der Waals surface area contributed by atoms with E-state index in [0.29, 0.717) is 5.82 Å². The van der Waals surface area contributed by atoms with E-state index in [1.807, 2.05) is 6.92 Å². The van der Waals surface area contributed by atoms with Crippen molar-refractivity contribution in [3.63, 3.8) is 0 Å². The average Bonchev–Trinajstić information content (AvgIpc) is 2.47. The second kappa shape index (κ2) is 5.80. The van der Waals surface area contributed by atoms with Crippen molar-refractivity contribution >= 4 is 5.82 Å². The molecule has 0 saturated heterocycles. The number of aromatic nitrogens is 2. The fourth-order valence-corrected chi connectivity index (χ4v) is 2.91. The van der Waals surface area contributed by atoms with Crippen LogP contribution in [0, 0.1) is 12.7 Å². The first-order valence-corrected chi connectivity index (χ1v) is 7.59. The van der Waals surface area contributed by atoms with Crippen LogP contribution in [-0.2, 0) is 12.8 Å². The molecular weight excluding hydrogens is 265 g/mol. The fourth-order valence-electron chi connectivity index (χ4n) is 2.91. The van der Waals surface area contributed by atoms with Crippen LogP contribution in [0.4, 0.5) is 10.2 Å². The number of aryl methyl sites for hydroxylation is 2. The van der Waals surface area contributed by atoms with Gasteiger partial charge in [-0.05, 0) is 63.3 Å². The molecule has 0 saturated carbocycles. The summed E-state index contributed by atoms with van der Waals surface area (Å²) in [6.07, 6.45) is 4.42. The lowest BCUT2D eigenvalue weighted by Gasteiger charge is -2.20.